The molecule has 13 heavy (non-hydrogen) atoms. The van der Waals surface area contributed by atoms with Gasteiger partial charge in [0.2, 0.25) is 0 Å². The Kier molecular flexibility index (Phi) is 2.61. The highest BCUT2D eigenvalue weighted by molar-refractivity contribution is 7.99. The first-order valence-corrected chi connectivity index (χ1v) is 5.52. The number of benzene rings is 1. The van der Waals surface area contributed by atoms with Crippen molar-refractivity contribution in [1.82, 2.24) is 0 Å². The van der Waals surface area contributed by atoms with E-state index in [9.17, 15) is 0 Å². The summed E-state index contributed by atoms with van der Waals surface area (Å²) in [6.45, 7) is 5.32. The third-order valence-corrected chi connectivity index (χ3v) is 2.97. The first-order valence-electron chi connectivity index (χ1n) is 4.64. The molecule has 0 radical (unpaired) electrons. The van der Waals surface area contributed by atoms with Crippen molar-refractivity contribution < 1.29 is 4.74 Å². The van der Waals surface area contributed by atoms with Gasteiger partial charge in [0.1, 0.15) is 6.10 Å². The molecular formula is C11H14OS. The molecule has 2 rings (SSSR count). The molecule has 0 aliphatic carbocycles. The minimum absolute atomic E-state index is 0.387. The van der Waals surface area contributed by atoms with Gasteiger partial charge in [-0.05, 0) is 17.7 Å². The standard InChI is InChI=1S/C11H14OS/c1-8(2)13-10-5-3-9(4-6-10)11-7-12-11/h3-6,8,11H,7H2,1-2H3/t11-/m0/s1. The van der Waals surface area contributed by atoms with E-state index in [4.69, 9.17) is 4.74 Å². The summed E-state index contributed by atoms with van der Waals surface area (Å²) >= 11 is 1.90. The van der Waals surface area contributed by atoms with E-state index < -0.39 is 0 Å². The Morgan fingerprint density at radius 3 is 2.38 bits per heavy atom. The average molecular weight is 194 g/mol. The molecule has 1 saturated heterocycles. The van der Waals surface area contributed by atoms with Crippen LogP contribution in [0.4, 0.5) is 0 Å². The van der Waals surface area contributed by atoms with Gasteiger partial charge in [-0.25, -0.2) is 0 Å². The highest BCUT2D eigenvalue weighted by Gasteiger charge is 2.24. The van der Waals surface area contributed by atoms with Gasteiger partial charge in [-0.3, -0.25) is 0 Å². The fourth-order valence-corrected chi connectivity index (χ4v) is 2.11. The summed E-state index contributed by atoms with van der Waals surface area (Å²) in [5.74, 6) is 0. The third kappa shape index (κ3) is 2.48. The van der Waals surface area contributed by atoms with Gasteiger partial charge in [0, 0.05) is 10.1 Å². The number of epoxide rings is 1. The van der Waals surface area contributed by atoms with Gasteiger partial charge < -0.3 is 4.74 Å². The lowest BCUT2D eigenvalue weighted by molar-refractivity contribution is 0.415. The van der Waals surface area contributed by atoms with Crippen molar-refractivity contribution in [2.24, 2.45) is 0 Å². The topological polar surface area (TPSA) is 12.5 Å². The maximum atomic E-state index is 5.21. The van der Waals surface area contributed by atoms with Crippen LogP contribution in [-0.2, 0) is 4.74 Å². The molecule has 1 aromatic carbocycles. The van der Waals surface area contributed by atoms with Crippen molar-refractivity contribution in [1.29, 1.82) is 0 Å². The molecule has 1 aliphatic rings. The number of ether oxygens (including phenoxy) is 1. The van der Waals surface area contributed by atoms with E-state index in [2.05, 4.69) is 38.1 Å². The molecule has 0 aromatic heterocycles. The Labute approximate surface area is 83.5 Å². The van der Waals surface area contributed by atoms with Gasteiger partial charge in [-0.1, -0.05) is 26.0 Å². The highest BCUT2D eigenvalue weighted by Crippen LogP contribution is 2.31. The zero-order valence-electron chi connectivity index (χ0n) is 7.99. The molecule has 1 nitrogen and oxygen atoms in total. The Balaban J connectivity index is 2.04. The van der Waals surface area contributed by atoms with Gasteiger partial charge in [0.15, 0.2) is 0 Å². The number of hydrogen-bond donors (Lipinski definition) is 0. The fraction of sp³-hybridized carbons (Fsp3) is 0.455. The lowest BCUT2D eigenvalue weighted by Crippen LogP contribution is -1.86. The van der Waals surface area contributed by atoms with E-state index in [1.165, 1.54) is 10.5 Å². The van der Waals surface area contributed by atoms with Crippen LogP contribution in [-0.4, -0.2) is 11.9 Å². The van der Waals surface area contributed by atoms with Crippen molar-refractivity contribution >= 4 is 11.8 Å². The number of thioether (sulfide) groups is 1. The van der Waals surface area contributed by atoms with Crippen molar-refractivity contribution in [3.05, 3.63) is 29.8 Å². The summed E-state index contributed by atoms with van der Waals surface area (Å²) in [5, 5.41) is 0.656. The molecule has 2 heteroatoms. The number of hydrogen-bond acceptors (Lipinski definition) is 2. The summed E-state index contributed by atoms with van der Waals surface area (Å²) < 4.78 is 5.21. The van der Waals surface area contributed by atoms with Gasteiger partial charge in [-0.15, -0.1) is 11.8 Å². The van der Waals surface area contributed by atoms with Crippen LogP contribution in [0.1, 0.15) is 25.5 Å². The Morgan fingerprint density at radius 1 is 1.31 bits per heavy atom. The molecule has 0 spiro atoms. The third-order valence-electron chi connectivity index (χ3n) is 1.96. The molecule has 0 unspecified atom stereocenters. The Morgan fingerprint density at radius 2 is 1.92 bits per heavy atom. The molecule has 1 heterocycles. The largest absolute Gasteiger partial charge is 0.368 e. The second-order valence-corrected chi connectivity index (χ2v) is 5.21. The monoisotopic (exact) mass is 194 g/mol. The number of rotatable bonds is 3. The van der Waals surface area contributed by atoms with Gasteiger partial charge in [-0.2, -0.15) is 0 Å². The smallest absolute Gasteiger partial charge is 0.106 e. The molecule has 1 aromatic rings. The van der Waals surface area contributed by atoms with Crippen LogP contribution in [0.3, 0.4) is 0 Å². The van der Waals surface area contributed by atoms with Crippen molar-refractivity contribution in [2.45, 2.75) is 30.1 Å². The quantitative estimate of drug-likeness (QED) is 0.541. The van der Waals surface area contributed by atoms with Crippen LogP contribution in [0.5, 0.6) is 0 Å². The molecule has 0 N–H and O–H groups in total. The van der Waals surface area contributed by atoms with E-state index in [0.29, 0.717) is 11.4 Å². The van der Waals surface area contributed by atoms with Gasteiger partial charge in [0.25, 0.3) is 0 Å². The molecule has 0 bridgehead atoms. The molecule has 0 saturated carbocycles. The lowest BCUT2D eigenvalue weighted by atomic mass is 10.2. The van der Waals surface area contributed by atoms with Crippen LogP contribution >= 0.6 is 11.8 Å². The zero-order chi connectivity index (χ0) is 9.26. The molecule has 1 aliphatic heterocycles. The van der Waals surface area contributed by atoms with Crippen molar-refractivity contribution in [2.75, 3.05) is 6.61 Å². The summed E-state index contributed by atoms with van der Waals surface area (Å²) in [6, 6.07) is 8.70. The predicted octanol–water partition coefficient (Wildman–Crippen LogP) is 3.26. The van der Waals surface area contributed by atoms with Crippen LogP contribution in [0.15, 0.2) is 29.2 Å². The van der Waals surface area contributed by atoms with Gasteiger partial charge >= 0.3 is 0 Å². The molecule has 1 atom stereocenters. The van der Waals surface area contributed by atoms with Crippen molar-refractivity contribution in [3.63, 3.8) is 0 Å². The van der Waals surface area contributed by atoms with E-state index in [1.807, 2.05) is 11.8 Å². The Hall–Kier alpha value is -0.470. The predicted molar refractivity (Wildman–Crippen MR) is 56.1 cm³/mol. The Bertz CT molecular complexity index is 275. The van der Waals surface area contributed by atoms with Crippen LogP contribution in [0, 0.1) is 0 Å². The summed E-state index contributed by atoms with van der Waals surface area (Å²) in [7, 11) is 0. The SMILES string of the molecule is CC(C)Sc1ccc([C@@H]2CO2)cc1. The maximum absolute atomic E-state index is 5.21. The molecule has 1 fully saturated rings. The van der Waals surface area contributed by atoms with E-state index >= 15 is 0 Å². The first-order chi connectivity index (χ1) is 6.25. The van der Waals surface area contributed by atoms with Crippen LogP contribution < -0.4 is 0 Å². The fourth-order valence-electron chi connectivity index (χ4n) is 1.27. The zero-order valence-corrected chi connectivity index (χ0v) is 8.80. The lowest BCUT2D eigenvalue weighted by Gasteiger charge is -2.04. The summed E-state index contributed by atoms with van der Waals surface area (Å²) in [6.07, 6.45) is 0.387. The van der Waals surface area contributed by atoms with Gasteiger partial charge in [0.05, 0.1) is 6.61 Å². The second kappa shape index (κ2) is 3.72. The first kappa shape index (κ1) is 9.10. The molecule has 70 valence electrons. The van der Waals surface area contributed by atoms with Crippen molar-refractivity contribution in [3.8, 4) is 0 Å². The molecular weight excluding hydrogens is 180 g/mol. The van der Waals surface area contributed by atoms with E-state index in [0.717, 1.165) is 6.61 Å². The minimum atomic E-state index is 0.387. The second-order valence-electron chi connectivity index (χ2n) is 3.56. The van der Waals surface area contributed by atoms with Crippen LogP contribution in [0.25, 0.3) is 0 Å². The van der Waals surface area contributed by atoms with E-state index in [-0.39, 0.29) is 0 Å². The summed E-state index contributed by atoms with van der Waals surface area (Å²) in [5.41, 5.74) is 1.31. The van der Waals surface area contributed by atoms with E-state index in [1.54, 1.807) is 0 Å². The highest BCUT2D eigenvalue weighted by atomic mass is 32.2. The summed E-state index contributed by atoms with van der Waals surface area (Å²) in [4.78, 5) is 1.35. The van der Waals surface area contributed by atoms with Crippen LogP contribution in [0.2, 0.25) is 0 Å². The maximum Gasteiger partial charge on any atom is 0.106 e. The average Bonchev–Trinajstić information content (AvgIpc) is 2.87. The normalized spacial score (nSPS) is 20.7. The minimum Gasteiger partial charge on any atom is -0.368 e. The molecule has 0 amide bonds.